The standard InChI is InChI=1S/C23H31N4OPS.C7H7NO.C2H6/c1-24-11-2-12-27(18-25-20-5-9-22(29)10-6-20)23(17-30)19-3-7-21(8-4-19)26-13-15-28-16-14-26;9-6-8-7-4-2-1-3-5-7;1-2/h3-10,17-18,24,30H,2,11-16,29H2,1H3;1-6H,(H,8,9);1-2H3/b23-17-,25-18?;;. The van der Waals surface area contributed by atoms with Crippen molar-refractivity contribution >= 4 is 62.7 Å². The van der Waals surface area contributed by atoms with Crippen LogP contribution in [0.25, 0.3) is 5.70 Å². The molecule has 0 aromatic heterocycles. The molecule has 0 bridgehead atoms. The molecule has 220 valence electrons. The molecule has 3 aromatic rings. The summed E-state index contributed by atoms with van der Waals surface area (Å²) in [7, 11) is 4.67. The van der Waals surface area contributed by atoms with Gasteiger partial charge in [-0.05, 0) is 72.7 Å². The average molecular weight is 594 g/mol. The highest BCUT2D eigenvalue weighted by Crippen LogP contribution is 2.24. The number of aliphatic imine (C=N–C) groups is 1. The second kappa shape index (κ2) is 20.7. The first-order valence-corrected chi connectivity index (χ1v) is 15.1. The van der Waals surface area contributed by atoms with Crippen molar-refractivity contribution in [2.24, 2.45) is 4.99 Å². The van der Waals surface area contributed by atoms with Gasteiger partial charge < -0.3 is 25.2 Å². The van der Waals surface area contributed by atoms with Crippen LogP contribution in [0.15, 0.2) is 89.3 Å². The number of anilines is 2. The van der Waals surface area contributed by atoms with E-state index in [-0.39, 0.29) is 0 Å². The third kappa shape index (κ3) is 12.5. The van der Waals surface area contributed by atoms with E-state index >= 15 is 0 Å². The van der Waals surface area contributed by atoms with Gasteiger partial charge in [0.05, 0.1) is 30.9 Å². The number of nitrogens with zero attached hydrogens (tertiary/aromatic N) is 3. The number of ether oxygens (including phenoxy) is 1. The van der Waals surface area contributed by atoms with Gasteiger partial charge in [0.15, 0.2) is 0 Å². The van der Waals surface area contributed by atoms with Crippen molar-refractivity contribution in [3.63, 3.8) is 0 Å². The number of benzene rings is 3. The first kappa shape index (κ1) is 34.0. The van der Waals surface area contributed by atoms with Crippen molar-refractivity contribution in [3.8, 4) is 0 Å². The number of amides is 1. The molecule has 0 spiro atoms. The van der Waals surface area contributed by atoms with Crippen molar-refractivity contribution in [1.82, 2.24) is 10.2 Å². The Morgan fingerprint density at radius 1 is 1.02 bits per heavy atom. The van der Waals surface area contributed by atoms with Gasteiger partial charge in [0.1, 0.15) is 0 Å². The summed E-state index contributed by atoms with van der Waals surface area (Å²) in [5.41, 5.74) is 5.15. The Hall–Kier alpha value is -3.16. The van der Waals surface area contributed by atoms with Gasteiger partial charge in [-0.15, -0.1) is 21.9 Å². The molecule has 4 rings (SSSR count). The Bertz CT molecular complexity index is 1170. The molecule has 3 aromatic carbocycles. The summed E-state index contributed by atoms with van der Waals surface area (Å²) < 4.78 is 5.46. The lowest BCUT2D eigenvalue weighted by molar-refractivity contribution is -0.105. The molecule has 1 saturated heterocycles. The Morgan fingerprint density at radius 3 is 2.27 bits per heavy atom. The van der Waals surface area contributed by atoms with Gasteiger partial charge in [0.2, 0.25) is 6.41 Å². The number of carbonyl (C=O) groups excluding carboxylic acids is 1. The van der Waals surface area contributed by atoms with Crippen LogP contribution in [0.5, 0.6) is 0 Å². The van der Waals surface area contributed by atoms with E-state index in [0.29, 0.717) is 6.41 Å². The lowest BCUT2D eigenvalue weighted by atomic mass is 10.1. The highest BCUT2D eigenvalue weighted by Gasteiger charge is 2.13. The monoisotopic (exact) mass is 593 g/mol. The van der Waals surface area contributed by atoms with E-state index in [0.717, 1.165) is 73.8 Å². The number of para-hydroxylation sites is 1. The highest BCUT2D eigenvalue weighted by atomic mass is 32.1. The summed E-state index contributed by atoms with van der Waals surface area (Å²) >= 11 is 4.52. The Balaban J connectivity index is 0.000000450. The van der Waals surface area contributed by atoms with E-state index in [4.69, 9.17) is 4.74 Å². The predicted octanol–water partition coefficient (Wildman–Crippen LogP) is 5.80. The molecule has 0 saturated carbocycles. The Morgan fingerprint density at radius 2 is 1.68 bits per heavy atom. The molecule has 0 aliphatic carbocycles. The van der Waals surface area contributed by atoms with E-state index in [1.165, 1.54) is 5.69 Å². The quantitative estimate of drug-likeness (QED) is 0.0655. The molecular weight excluding hydrogens is 549 g/mol. The highest BCUT2D eigenvalue weighted by molar-refractivity contribution is 7.83. The minimum atomic E-state index is 0.662. The second-order valence-corrected chi connectivity index (χ2v) is 9.70. The molecule has 1 heterocycles. The average Bonchev–Trinajstić information content (AvgIpc) is 3.03. The van der Waals surface area contributed by atoms with E-state index in [1.807, 2.05) is 87.2 Å². The van der Waals surface area contributed by atoms with Crippen LogP contribution in [0.4, 0.5) is 17.1 Å². The van der Waals surface area contributed by atoms with Gasteiger partial charge in [-0.25, -0.2) is 4.99 Å². The van der Waals surface area contributed by atoms with Gasteiger partial charge in [0, 0.05) is 31.0 Å². The Kier molecular flexibility index (Phi) is 17.2. The summed E-state index contributed by atoms with van der Waals surface area (Å²) in [5.74, 6) is 0. The zero-order chi connectivity index (χ0) is 29.7. The zero-order valence-corrected chi connectivity index (χ0v) is 26.4. The summed E-state index contributed by atoms with van der Waals surface area (Å²) in [6, 6.07) is 26.1. The molecule has 1 atom stereocenters. The lowest BCUT2D eigenvalue weighted by Crippen LogP contribution is -2.36. The van der Waals surface area contributed by atoms with Crippen LogP contribution < -0.4 is 20.8 Å². The number of thiol groups is 1. The van der Waals surface area contributed by atoms with Crippen LogP contribution in [0, 0.1) is 0 Å². The molecule has 1 amide bonds. The summed E-state index contributed by atoms with van der Waals surface area (Å²) in [5, 5.41) is 8.75. The van der Waals surface area contributed by atoms with E-state index in [2.05, 4.69) is 71.6 Å². The molecule has 1 unspecified atom stereocenters. The van der Waals surface area contributed by atoms with Gasteiger partial charge in [-0.2, -0.15) is 0 Å². The molecule has 1 aliphatic heterocycles. The number of rotatable bonds is 11. The fraction of sp³-hybridized carbons (Fsp3) is 0.312. The topological polar surface area (TPSA) is 69.2 Å². The summed E-state index contributed by atoms with van der Waals surface area (Å²) in [6.45, 7) is 9.25. The van der Waals surface area contributed by atoms with Crippen LogP contribution in [0.2, 0.25) is 0 Å². The zero-order valence-electron chi connectivity index (χ0n) is 24.4. The Labute approximate surface area is 253 Å². The first-order chi connectivity index (χ1) is 20.1. The number of hydrogen-bond acceptors (Lipinski definition) is 6. The molecule has 7 nitrogen and oxygen atoms in total. The number of nitrogens with one attached hydrogen (secondary N) is 2. The fourth-order valence-electron chi connectivity index (χ4n) is 3.94. The van der Waals surface area contributed by atoms with Gasteiger partial charge in [-0.1, -0.05) is 56.3 Å². The number of carbonyl (C=O) groups is 1. The SMILES string of the molecule is CC.CNCCCN(C=Nc1ccc(P)cc1)/C(=C\S)c1ccc(N2CCOCC2)cc1.O=CNc1ccccc1. The molecule has 1 aliphatic rings. The predicted molar refractivity (Wildman–Crippen MR) is 183 cm³/mol. The van der Waals surface area contributed by atoms with Crippen molar-refractivity contribution < 1.29 is 9.53 Å². The van der Waals surface area contributed by atoms with E-state index < -0.39 is 0 Å². The van der Waals surface area contributed by atoms with Crippen LogP contribution in [-0.4, -0.2) is 64.1 Å². The van der Waals surface area contributed by atoms with Crippen molar-refractivity contribution in [1.29, 1.82) is 0 Å². The maximum Gasteiger partial charge on any atom is 0.211 e. The summed E-state index contributed by atoms with van der Waals surface area (Å²) in [4.78, 5) is 19.1. The molecule has 1 fully saturated rings. The third-order valence-electron chi connectivity index (χ3n) is 6.04. The van der Waals surface area contributed by atoms with Gasteiger partial charge in [0.25, 0.3) is 0 Å². The largest absolute Gasteiger partial charge is 0.378 e. The van der Waals surface area contributed by atoms with Crippen LogP contribution >= 0.6 is 21.9 Å². The van der Waals surface area contributed by atoms with Crippen molar-refractivity contribution in [2.75, 3.05) is 56.7 Å². The first-order valence-electron chi connectivity index (χ1n) is 14.0. The van der Waals surface area contributed by atoms with E-state index in [9.17, 15) is 4.79 Å². The fourth-order valence-corrected chi connectivity index (χ4v) is 4.43. The maximum absolute atomic E-state index is 9.86. The minimum absolute atomic E-state index is 0.662. The second-order valence-electron chi connectivity index (χ2n) is 8.78. The lowest BCUT2D eigenvalue weighted by Gasteiger charge is -2.29. The van der Waals surface area contributed by atoms with E-state index in [1.54, 1.807) is 0 Å². The van der Waals surface area contributed by atoms with Crippen LogP contribution in [0.1, 0.15) is 25.8 Å². The maximum atomic E-state index is 9.86. The third-order valence-corrected chi connectivity index (χ3v) is 6.66. The number of morpholine rings is 1. The van der Waals surface area contributed by atoms with Crippen LogP contribution in [-0.2, 0) is 9.53 Å². The normalized spacial score (nSPS) is 13.0. The molecule has 41 heavy (non-hydrogen) atoms. The van der Waals surface area contributed by atoms with Gasteiger partial charge >= 0.3 is 0 Å². The molecular formula is C32H44N5O2PS. The molecule has 2 N–H and O–H groups in total. The van der Waals surface area contributed by atoms with Crippen molar-refractivity contribution in [2.45, 2.75) is 20.3 Å². The smallest absolute Gasteiger partial charge is 0.211 e. The molecule has 9 heteroatoms. The van der Waals surface area contributed by atoms with Gasteiger partial charge in [-0.3, -0.25) is 4.79 Å². The van der Waals surface area contributed by atoms with Crippen LogP contribution in [0.3, 0.4) is 0 Å². The molecule has 0 radical (unpaired) electrons. The van der Waals surface area contributed by atoms with Crippen molar-refractivity contribution in [3.05, 3.63) is 89.8 Å². The summed E-state index contributed by atoms with van der Waals surface area (Å²) in [6.07, 6.45) is 3.57. The number of hydrogen-bond donors (Lipinski definition) is 3. The minimum Gasteiger partial charge on any atom is -0.378 e.